The summed E-state index contributed by atoms with van der Waals surface area (Å²) >= 11 is 5.95. The van der Waals surface area contributed by atoms with E-state index in [0.717, 1.165) is 0 Å². The summed E-state index contributed by atoms with van der Waals surface area (Å²) in [6, 6.07) is 20.1. The number of ketones is 1. The lowest BCUT2D eigenvalue weighted by Crippen LogP contribution is -2.27. The highest BCUT2D eigenvalue weighted by Crippen LogP contribution is 2.36. The van der Waals surface area contributed by atoms with Gasteiger partial charge in [0.25, 0.3) is 5.91 Å². The molecule has 4 aromatic rings. The monoisotopic (exact) mass is 518 g/mol. The van der Waals surface area contributed by atoms with Gasteiger partial charge < -0.3 is 20.0 Å². The van der Waals surface area contributed by atoms with Gasteiger partial charge >= 0.3 is 5.63 Å². The zero-order chi connectivity index (χ0) is 26.5. The van der Waals surface area contributed by atoms with Gasteiger partial charge in [-0.2, -0.15) is 0 Å². The predicted molar refractivity (Wildman–Crippen MR) is 141 cm³/mol. The van der Waals surface area contributed by atoms with Gasteiger partial charge in [0.1, 0.15) is 17.1 Å². The van der Waals surface area contributed by atoms with Crippen molar-refractivity contribution in [1.29, 1.82) is 0 Å². The Balaban J connectivity index is 1.62. The molecule has 1 heterocycles. The number of aryl methyl sites for hydroxylation is 1. The molecule has 188 valence electrons. The molecule has 8 nitrogen and oxygen atoms in total. The molecule has 1 aromatic heterocycles. The summed E-state index contributed by atoms with van der Waals surface area (Å²) in [7, 11) is 0. The Hall–Kier alpha value is -4.43. The number of hydrogen-bond acceptors (Lipinski definition) is 7. The Morgan fingerprint density at radius 1 is 1.05 bits per heavy atom. The molecule has 0 aliphatic heterocycles. The first-order chi connectivity index (χ1) is 17.8. The molecule has 1 amide bonds. The van der Waals surface area contributed by atoms with Crippen molar-refractivity contribution < 1.29 is 24.3 Å². The lowest BCUT2D eigenvalue weighted by Gasteiger charge is -2.18. The minimum Gasteiger partial charge on any atom is -0.507 e. The minimum absolute atomic E-state index is 0.0676. The van der Waals surface area contributed by atoms with Gasteiger partial charge in [-0.05, 0) is 48.4 Å². The highest BCUT2D eigenvalue weighted by molar-refractivity contribution is 6.45. The summed E-state index contributed by atoms with van der Waals surface area (Å²) < 4.78 is 5.42. The third-order valence-corrected chi connectivity index (χ3v) is 6.22. The maximum Gasteiger partial charge on any atom is 0.343 e. The van der Waals surface area contributed by atoms with E-state index in [4.69, 9.17) is 16.0 Å². The average molecular weight is 519 g/mol. The van der Waals surface area contributed by atoms with E-state index in [1.807, 2.05) is 0 Å². The Bertz CT molecular complexity index is 1560. The number of amides is 1. The van der Waals surface area contributed by atoms with Crippen LogP contribution in [0.15, 0.2) is 87.2 Å². The second-order valence-electron chi connectivity index (χ2n) is 8.49. The summed E-state index contributed by atoms with van der Waals surface area (Å²) in [5.41, 5.74) is 0.706. The standard InChI is InChI=1S/C28H23ClN2O6/c1-16-13-18(29)11-12-22(16)30-27(34)23(31-36)15-19(32)14-21(17-7-3-2-4-8-17)25-26(33)20-9-5-6-10-24(20)37-28(25)35/h2-13,21,33,36H,14-15H2,1H3,(H,30,34)/b31-23-/t21-/m1/s1. The highest BCUT2D eigenvalue weighted by Gasteiger charge is 2.28. The molecule has 0 aliphatic carbocycles. The molecule has 37 heavy (non-hydrogen) atoms. The van der Waals surface area contributed by atoms with Crippen molar-refractivity contribution in [1.82, 2.24) is 0 Å². The second kappa shape index (κ2) is 11.1. The first-order valence-corrected chi connectivity index (χ1v) is 11.8. The number of benzene rings is 3. The number of anilines is 1. The highest BCUT2D eigenvalue weighted by atomic mass is 35.5. The molecule has 0 saturated carbocycles. The summed E-state index contributed by atoms with van der Waals surface area (Å²) in [4.78, 5) is 38.7. The van der Waals surface area contributed by atoms with E-state index in [0.29, 0.717) is 27.2 Å². The van der Waals surface area contributed by atoms with Crippen LogP contribution in [0.4, 0.5) is 5.69 Å². The summed E-state index contributed by atoms with van der Waals surface area (Å²) in [6.45, 7) is 1.74. The van der Waals surface area contributed by atoms with Crippen molar-refractivity contribution in [3.8, 4) is 5.75 Å². The fourth-order valence-corrected chi connectivity index (χ4v) is 4.36. The van der Waals surface area contributed by atoms with Crippen LogP contribution < -0.4 is 10.9 Å². The smallest absolute Gasteiger partial charge is 0.343 e. The molecule has 3 N–H and O–H groups in total. The summed E-state index contributed by atoms with van der Waals surface area (Å²) in [5, 5.41) is 26.9. The number of carbonyl (C=O) groups excluding carboxylic acids is 2. The minimum atomic E-state index is -0.865. The van der Waals surface area contributed by atoms with Crippen LogP contribution in [-0.4, -0.2) is 27.7 Å². The van der Waals surface area contributed by atoms with E-state index in [1.165, 1.54) is 0 Å². The third-order valence-electron chi connectivity index (χ3n) is 5.99. The quantitative estimate of drug-likeness (QED) is 0.124. The fraction of sp³-hybridized carbons (Fsp3) is 0.143. The van der Waals surface area contributed by atoms with E-state index in [2.05, 4.69) is 10.5 Å². The lowest BCUT2D eigenvalue weighted by molar-refractivity contribution is -0.119. The van der Waals surface area contributed by atoms with Gasteiger partial charge in [0.15, 0.2) is 5.71 Å². The average Bonchev–Trinajstić information content (AvgIpc) is 2.88. The zero-order valence-electron chi connectivity index (χ0n) is 19.8. The van der Waals surface area contributed by atoms with Crippen LogP contribution in [0.1, 0.15) is 35.4 Å². The van der Waals surface area contributed by atoms with Gasteiger partial charge in [-0.1, -0.05) is 59.2 Å². The maximum atomic E-state index is 13.1. The molecule has 9 heteroatoms. The van der Waals surface area contributed by atoms with Gasteiger partial charge in [0.05, 0.1) is 17.4 Å². The van der Waals surface area contributed by atoms with Crippen molar-refractivity contribution in [3.05, 3.63) is 105 Å². The third kappa shape index (κ3) is 5.70. The van der Waals surface area contributed by atoms with Crippen molar-refractivity contribution in [2.75, 3.05) is 5.32 Å². The summed E-state index contributed by atoms with van der Waals surface area (Å²) in [5.74, 6) is -2.39. The first-order valence-electron chi connectivity index (χ1n) is 11.4. The number of para-hydroxylation sites is 1. The van der Waals surface area contributed by atoms with Crippen LogP contribution in [0.25, 0.3) is 11.0 Å². The van der Waals surface area contributed by atoms with Crippen molar-refractivity contribution in [2.24, 2.45) is 5.16 Å². The lowest BCUT2D eigenvalue weighted by atomic mass is 9.86. The Morgan fingerprint density at radius 2 is 1.76 bits per heavy atom. The molecule has 0 aliphatic rings. The van der Waals surface area contributed by atoms with Crippen LogP contribution in [0.2, 0.25) is 5.02 Å². The van der Waals surface area contributed by atoms with E-state index in [9.17, 15) is 24.7 Å². The topological polar surface area (TPSA) is 129 Å². The van der Waals surface area contributed by atoms with E-state index >= 15 is 0 Å². The van der Waals surface area contributed by atoms with Crippen molar-refractivity contribution in [3.63, 3.8) is 0 Å². The number of Topliss-reactive ketones (excluding diaryl/α,β-unsaturated/α-hetero) is 1. The number of nitrogens with zero attached hydrogens (tertiary/aromatic N) is 1. The number of carbonyl (C=O) groups is 2. The number of oxime groups is 1. The largest absolute Gasteiger partial charge is 0.507 e. The molecule has 3 aromatic carbocycles. The van der Waals surface area contributed by atoms with E-state index in [-0.39, 0.29) is 23.3 Å². The number of aromatic hydroxyl groups is 1. The summed E-state index contributed by atoms with van der Waals surface area (Å²) in [6.07, 6.45) is -0.759. The van der Waals surface area contributed by atoms with Gasteiger partial charge in [-0.25, -0.2) is 4.79 Å². The molecule has 1 atom stereocenters. The first kappa shape index (κ1) is 25.7. The number of halogens is 1. The number of hydrogen-bond donors (Lipinski definition) is 3. The number of nitrogens with one attached hydrogen (secondary N) is 1. The van der Waals surface area contributed by atoms with Crippen molar-refractivity contribution >= 4 is 45.7 Å². The molecule has 0 saturated heterocycles. The Kier molecular flexibility index (Phi) is 7.69. The van der Waals surface area contributed by atoms with Crippen LogP contribution in [0.3, 0.4) is 0 Å². The Morgan fingerprint density at radius 3 is 2.46 bits per heavy atom. The van der Waals surface area contributed by atoms with Gasteiger partial charge in [-0.3, -0.25) is 9.59 Å². The number of fused-ring (bicyclic) bond motifs is 1. The normalized spacial score (nSPS) is 12.3. The van der Waals surface area contributed by atoms with Crippen molar-refractivity contribution in [2.45, 2.75) is 25.7 Å². The fourth-order valence-electron chi connectivity index (χ4n) is 4.14. The molecule has 0 fully saturated rings. The predicted octanol–water partition coefficient (Wildman–Crippen LogP) is 5.41. The van der Waals surface area contributed by atoms with Gasteiger partial charge in [0, 0.05) is 23.0 Å². The molecular formula is C28H23ClN2O6. The van der Waals surface area contributed by atoms with Crippen LogP contribution in [0, 0.1) is 6.92 Å². The molecule has 0 unspecified atom stereocenters. The van der Waals surface area contributed by atoms with E-state index in [1.54, 1.807) is 79.7 Å². The van der Waals surface area contributed by atoms with Crippen LogP contribution >= 0.6 is 11.6 Å². The SMILES string of the molecule is Cc1cc(Cl)ccc1NC(=O)/C(CC(=O)C[C@H](c1ccccc1)c1c(O)c2ccccc2oc1=O)=N\O. The second-order valence-corrected chi connectivity index (χ2v) is 8.93. The molecule has 0 radical (unpaired) electrons. The Labute approximate surface area is 216 Å². The zero-order valence-corrected chi connectivity index (χ0v) is 20.5. The van der Waals surface area contributed by atoms with E-state index < -0.39 is 35.4 Å². The molecular weight excluding hydrogens is 496 g/mol. The molecule has 0 spiro atoms. The van der Waals surface area contributed by atoms with Gasteiger partial charge in [-0.15, -0.1) is 0 Å². The number of rotatable bonds is 8. The van der Waals surface area contributed by atoms with Crippen LogP contribution in [0.5, 0.6) is 5.75 Å². The maximum absolute atomic E-state index is 13.1. The van der Waals surface area contributed by atoms with Gasteiger partial charge in [0.2, 0.25) is 0 Å². The van der Waals surface area contributed by atoms with Crippen LogP contribution in [-0.2, 0) is 9.59 Å². The molecule has 4 rings (SSSR count). The molecule has 0 bridgehead atoms.